The van der Waals surface area contributed by atoms with E-state index >= 15 is 0 Å². The number of aliphatic carboxylic acids is 1. The Bertz CT molecular complexity index is 6090. The number of nitrogen functional groups attached to an aromatic ring is 1. The molecule has 1 fully saturated rings. The Morgan fingerprint density at radius 3 is 1.45 bits per heavy atom. The number of rotatable bonds is 26. The highest BCUT2D eigenvalue weighted by molar-refractivity contribution is 9.10. The molecule has 8 heterocycles. The van der Waals surface area contributed by atoms with Crippen molar-refractivity contribution in [1.29, 1.82) is 0 Å². The standard InChI is InChI=1S/C21H20N6O.C18H21N5O3.C13H14N6O.C10H16BNO2.C10H8N2O2.C10H10N2.C6H4BrNO2.C4H7N3O2.CH3F.CH4O/c22-11-20(27-14-19(25-26-27)17-4-2-1-3-5-17)21(28)10-15-6-8-16(9-7-15)18-12-23-24-13-18;1-12(21-22-19)16(24)9-13-5-7-14(8-6-13)15-10-20-23(11-15)17(25)26-18(2,3)4;14-6-12(18-19-15)13(20)5-9-1-3-10(4-2-9)11-7-16-17-8-11;1-9(2)10(3,4)14-11(13-9)8-5-6-12-7-8;13-12(14)10-3-1-8(2-4-10)9-5-6-11-7-9;11-10-3-1-8(2-4-10)9-5-6-12-7-9;7-5-1-3-6(4-2-5)8(9)10;1-2-3(4(8)9)6-7-5;2*1-2/h1-9,12-14,20H,10-11,22H2,(H,23,24);5-8,10-12H,9H2,1-4H3;1-4,7-8,12H,5-6,14H2,(H,16,17);5,7H,6H2,1-4H3;1-5,7H,6H2;1-5,7H,6,11H2;1-4H;3H,2H2,1H3,(H,8,9);1H3;2H,1H3/i;;;;;;;;1D;. The zero-order valence-electron chi connectivity index (χ0n) is 77.9. The molecule has 0 aliphatic carbocycles. The maximum absolute atomic E-state index is 12.8. The number of carboxylic acids is 1. The van der Waals surface area contributed by atoms with Crippen molar-refractivity contribution in [2.75, 3.05) is 52.7 Å². The topological polar surface area (TPSA) is 607 Å². The fourth-order valence-electron chi connectivity index (χ4n) is 12.1. The third-order valence-electron chi connectivity index (χ3n) is 20.2. The number of ketones is 3. The summed E-state index contributed by atoms with van der Waals surface area (Å²) in [5, 5.41) is 71.3. The van der Waals surface area contributed by atoms with Crippen LogP contribution in [-0.2, 0) is 52.5 Å². The van der Waals surface area contributed by atoms with E-state index in [2.05, 4.69) is 131 Å². The lowest BCUT2D eigenvalue weighted by Crippen LogP contribution is -2.41. The van der Waals surface area contributed by atoms with Gasteiger partial charge in [-0.2, -0.15) is 20.0 Å². The van der Waals surface area contributed by atoms with E-state index in [1.807, 2.05) is 158 Å². The van der Waals surface area contributed by atoms with E-state index in [9.17, 15) is 48.6 Å². The number of non-ortho nitro benzene ring substituents is 2. The number of allylic oxidation sites excluding steroid dienone is 3. The fourth-order valence-corrected chi connectivity index (χ4v) is 12.4. The molecule has 4 atom stereocenters. The summed E-state index contributed by atoms with van der Waals surface area (Å²) < 4.78 is 36.1. The number of azide groups is 3. The van der Waals surface area contributed by atoms with Crippen molar-refractivity contribution < 1.29 is 63.8 Å². The number of nitrogens with two attached hydrogens (primary N) is 3. The fraction of sp³-hybridized carbons (Fsp3) is 0.287. The molecule has 4 aliphatic heterocycles. The number of nitro groups is 2. The van der Waals surface area contributed by atoms with Crippen LogP contribution in [0.25, 0.3) is 87.1 Å². The highest BCUT2D eigenvalue weighted by Crippen LogP contribution is 2.39. The molecule has 10 N–H and O–H groups in total. The second-order valence-corrected chi connectivity index (χ2v) is 32.3. The van der Waals surface area contributed by atoms with Gasteiger partial charge in [0.05, 0.1) is 80.0 Å². The number of aromatic amines is 2. The maximum Gasteiger partial charge on any atom is 0.496 e. The number of anilines is 1. The number of H-pyrrole nitrogens is 2. The van der Waals surface area contributed by atoms with Gasteiger partial charge >= 0.3 is 19.2 Å². The average Bonchev–Trinajstić information content (AvgIpc) is 1.62. The van der Waals surface area contributed by atoms with E-state index < -0.39 is 58.8 Å². The maximum atomic E-state index is 12.8. The number of nitrogens with one attached hydrogen (secondary N) is 2. The number of ether oxygens (including phenoxy) is 1. The molecule has 714 valence electrons. The van der Waals surface area contributed by atoms with Gasteiger partial charge in [0.1, 0.15) is 41.0 Å². The van der Waals surface area contributed by atoms with Crippen LogP contribution in [0, 0.1) is 20.2 Å². The Balaban J connectivity index is 0.000000247. The molecule has 4 aromatic heterocycles. The van der Waals surface area contributed by atoms with Crippen LogP contribution in [0.3, 0.4) is 0 Å². The van der Waals surface area contributed by atoms with Gasteiger partial charge in [-0.1, -0.05) is 177 Å². The summed E-state index contributed by atoms with van der Waals surface area (Å²) in [6, 6.07) is 50.0. The zero-order chi connectivity index (χ0) is 101. The smallest absolute Gasteiger partial charge is 0.481 e. The van der Waals surface area contributed by atoms with Crippen molar-refractivity contribution in [1.82, 2.24) is 45.2 Å². The number of carbonyl (C=O) groups is 5. The van der Waals surface area contributed by atoms with Crippen LogP contribution >= 0.6 is 15.9 Å². The van der Waals surface area contributed by atoms with Crippen molar-refractivity contribution >= 4 is 99.3 Å². The van der Waals surface area contributed by atoms with Crippen LogP contribution in [0.2, 0.25) is 0 Å². The molecular weight excluding hydrogens is 1830 g/mol. The predicted molar refractivity (Wildman–Crippen MR) is 529 cm³/mol. The molecule has 1 saturated heterocycles. The number of aliphatic imine (C=N–C) groups is 3. The number of Topliss-reactive ketones (excluding diaryl/α,β-unsaturated/α-hetero) is 3. The largest absolute Gasteiger partial charge is 0.496 e. The molecule has 4 aliphatic rings. The van der Waals surface area contributed by atoms with Gasteiger partial charge in [-0.15, -0.1) is 5.10 Å². The highest BCUT2D eigenvalue weighted by Gasteiger charge is 2.52. The Labute approximate surface area is 799 Å². The van der Waals surface area contributed by atoms with E-state index in [0.717, 1.165) is 113 Å². The van der Waals surface area contributed by atoms with Crippen molar-refractivity contribution in [3.05, 3.63) is 327 Å². The van der Waals surface area contributed by atoms with Gasteiger partial charge in [0, 0.05) is 148 Å². The lowest BCUT2D eigenvalue weighted by Gasteiger charge is -2.32. The van der Waals surface area contributed by atoms with Crippen molar-refractivity contribution in [2.45, 2.75) is 129 Å². The SMILES string of the molecule is CC(N=[N+]=[N-])C(=O)Cc1ccc(-c2cnn(C(=O)OC(C)(C)C)c2)cc1.CC1(C)OB(C2=CCN=C2)OC1(C)C.CCC(N=[N+]=[N-])C(=O)O.CO.NCC(C(=O)Cc1ccc(-c2cn[nH]c2)cc1)n1cc(-c2ccccc2)nn1.Nc1ccc(C2=CCN=C2)cc1.O=[N+]([O-])c1ccc(Br)cc1.O=[N+]([O-])c1ccc(C2=CCN=C2)cc1.[2H]CF.[N-]=[N+]=NC(CN)C(=O)Cc1ccc(-c2cn[nH]c2)cc1. The molecule has 0 spiro atoms. The molecule has 15 rings (SSSR count). The van der Waals surface area contributed by atoms with Gasteiger partial charge in [-0.25, -0.2) is 9.48 Å². The van der Waals surface area contributed by atoms with Crippen molar-refractivity contribution in [3.63, 3.8) is 0 Å². The van der Waals surface area contributed by atoms with Gasteiger partial charge in [0.25, 0.3) is 11.4 Å². The molecule has 0 radical (unpaired) electrons. The summed E-state index contributed by atoms with van der Waals surface area (Å²) >= 11 is 3.17. The minimum absolute atomic E-state index is 0.00285. The third-order valence-corrected chi connectivity index (χ3v) is 20.7. The van der Waals surface area contributed by atoms with Crippen LogP contribution in [0.4, 0.5) is 26.2 Å². The van der Waals surface area contributed by atoms with Gasteiger partial charge in [0.15, 0.2) is 5.78 Å². The van der Waals surface area contributed by atoms with Gasteiger partial charge in [-0.05, 0) is 176 Å². The normalized spacial score (nSPS) is 13.7. The van der Waals surface area contributed by atoms with Crippen LogP contribution in [-0.4, -0.2) is 202 Å². The molecule has 43 heteroatoms. The number of nitro benzene ring substituents is 2. The number of aliphatic hydroxyl groups excluding tert-OH is 1. The monoisotopic (exact) mass is 1930 g/mol. The van der Waals surface area contributed by atoms with Crippen LogP contribution < -0.4 is 17.2 Å². The summed E-state index contributed by atoms with van der Waals surface area (Å²) in [6.07, 6.45) is 24.2. The number of halogens is 2. The van der Waals surface area contributed by atoms with Crippen LogP contribution in [0.1, 0.15) is 104 Å². The molecule has 4 unspecified atom stereocenters. The van der Waals surface area contributed by atoms with Crippen molar-refractivity contribution in [2.24, 2.45) is 41.8 Å². The predicted octanol–water partition coefficient (Wildman–Crippen LogP) is 17.8. The minimum atomic E-state index is -1.07. The first kappa shape index (κ1) is 108. The molecule has 0 saturated carbocycles. The van der Waals surface area contributed by atoms with Gasteiger partial charge in [0.2, 0.25) is 0 Å². The number of hydrogen-bond donors (Lipinski definition) is 7. The van der Waals surface area contributed by atoms with Gasteiger partial charge < -0.3 is 41.5 Å². The number of aliphatic hydroxyl groups is 1. The molecule has 11 aromatic rings. The Morgan fingerprint density at radius 1 is 0.606 bits per heavy atom. The average molecular weight is 1940 g/mol. The first-order valence-electron chi connectivity index (χ1n) is 42.9. The number of benzene rings is 7. The number of carbonyl (C=O) groups excluding carboxylic acids is 4. The second-order valence-electron chi connectivity index (χ2n) is 31.4. The lowest BCUT2D eigenvalue weighted by molar-refractivity contribution is -0.385. The first-order valence-corrected chi connectivity index (χ1v) is 43.0. The lowest BCUT2D eigenvalue weighted by atomic mass is 9.79. The van der Waals surface area contributed by atoms with E-state index in [1.54, 1.807) is 107 Å². The van der Waals surface area contributed by atoms with Crippen LogP contribution in [0.5, 0.6) is 0 Å². The number of nitrogens with zero attached hydrogens (tertiary/aromatic N) is 21. The summed E-state index contributed by atoms with van der Waals surface area (Å²) in [4.78, 5) is 98.3. The molecule has 0 amide bonds. The number of carboxylic acid groups (broad SMARTS) is 1. The van der Waals surface area contributed by atoms with E-state index in [4.69, 9.17) is 59.4 Å². The molecule has 137 heavy (non-hydrogen) atoms. The van der Waals surface area contributed by atoms with E-state index in [0.29, 0.717) is 13.0 Å². The second kappa shape index (κ2) is 56.4. The highest BCUT2D eigenvalue weighted by atomic mass is 79.9. The Morgan fingerprint density at radius 2 is 1.04 bits per heavy atom. The van der Waals surface area contributed by atoms with Gasteiger partial charge in [-0.3, -0.25) is 69.0 Å². The minimum Gasteiger partial charge on any atom is -0.481 e. The van der Waals surface area contributed by atoms with Crippen molar-refractivity contribution in [3.8, 4) is 44.6 Å². The Hall–Kier alpha value is -15.7. The molecule has 7 aromatic carbocycles. The third kappa shape index (κ3) is 36.0. The summed E-state index contributed by atoms with van der Waals surface area (Å²) in [5.74, 6) is -1.40. The Kier molecular flexibility index (Phi) is 44.6. The molecule has 40 nitrogen and oxygen atoms in total. The number of aromatic nitrogens is 9. The van der Waals surface area contributed by atoms with E-state index in [-0.39, 0.29) is 79.4 Å². The quantitative estimate of drug-likeness (QED) is 0.00503. The summed E-state index contributed by atoms with van der Waals surface area (Å²) in [6.45, 7) is 19.3. The first-order chi connectivity index (χ1) is 66.1. The van der Waals surface area contributed by atoms with Crippen LogP contribution in [0.15, 0.2) is 278 Å². The number of hydrogen-bond acceptors (Lipinski definition) is 27. The zero-order valence-corrected chi connectivity index (χ0v) is 78.5. The summed E-state index contributed by atoms with van der Waals surface area (Å²) in [7, 11) is -0.244. The van der Waals surface area contributed by atoms with E-state index in [1.165, 1.54) is 35.4 Å². The summed E-state index contributed by atoms with van der Waals surface area (Å²) in [5.41, 5.74) is 56.7. The molecule has 0 bridgehead atoms. The number of alkyl halides is 1. The molecular formula is C94H107BBrFN26O14.